The van der Waals surface area contributed by atoms with Crippen molar-refractivity contribution in [2.75, 3.05) is 0 Å². The van der Waals surface area contributed by atoms with Gasteiger partial charge in [-0.15, -0.1) is 0 Å². The summed E-state index contributed by atoms with van der Waals surface area (Å²) in [5, 5.41) is 0. The van der Waals surface area contributed by atoms with Crippen molar-refractivity contribution in [3.8, 4) is 16.9 Å². The minimum Gasteiger partial charge on any atom is -0.430 e. The molecule has 1 unspecified atom stereocenters. The molecule has 1 nitrogen and oxygen atoms in total. The molecule has 0 radical (unpaired) electrons. The molecule has 0 spiro atoms. The summed E-state index contributed by atoms with van der Waals surface area (Å²) < 4.78 is 80.3. The minimum atomic E-state index is -5.71. The van der Waals surface area contributed by atoms with Gasteiger partial charge in [0.15, 0.2) is 0 Å². The predicted molar refractivity (Wildman–Crippen MR) is 103 cm³/mol. The maximum Gasteiger partial charge on any atom is 0.439 e. The van der Waals surface area contributed by atoms with E-state index in [1.165, 1.54) is 49.8 Å². The number of hydrogen-bond donors (Lipinski definition) is 0. The lowest BCUT2D eigenvalue weighted by Gasteiger charge is -2.28. The zero-order chi connectivity index (χ0) is 21.9. The van der Waals surface area contributed by atoms with Gasteiger partial charge in [-0.05, 0) is 66.3 Å². The van der Waals surface area contributed by atoms with Crippen LogP contribution in [0.2, 0.25) is 0 Å². The topological polar surface area (TPSA) is 9.23 Å². The van der Waals surface area contributed by atoms with E-state index in [0.29, 0.717) is 11.5 Å². The van der Waals surface area contributed by atoms with Crippen LogP contribution in [0.15, 0.2) is 48.5 Å². The summed E-state index contributed by atoms with van der Waals surface area (Å²) in [5.41, 5.74) is 2.81. The summed E-state index contributed by atoms with van der Waals surface area (Å²) >= 11 is 0. The van der Waals surface area contributed by atoms with Gasteiger partial charge in [-0.25, -0.2) is 4.39 Å². The predicted octanol–water partition coefficient (Wildman–Crippen LogP) is 7.91. The van der Waals surface area contributed by atoms with Crippen molar-refractivity contribution >= 4 is 0 Å². The second-order valence-corrected chi connectivity index (χ2v) is 7.84. The first-order chi connectivity index (χ1) is 14.1. The molecule has 1 aliphatic carbocycles. The fraction of sp³-hybridized carbons (Fsp3) is 0.478. The molecule has 0 bridgehead atoms. The van der Waals surface area contributed by atoms with E-state index < -0.39 is 24.2 Å². The van der Waals surface area contributed by atoms with Crippen molar-refractivity contribution in [3.63, 3.8) is 0 Å². The average Bonchev–Trinajstić information content (AvgIpc) is 2.73. The maximum atomic E-state index is 13.4. The van der Waals surface area contributed by atoms with E-state index in [-0.39, 0.29) is 0 Å². The third kappa shape index (κ3) is 5.29. The molecule has 30 heavy (non-hydrogen) atoms. The second kappa shape index (κ2) is 8.90. The Morgan fingerprint density at radius 2 is 1.33 bits per heavy atom. The first-order valence-corrected chi connectivity index (χ1v) is 10.1. The largest absolute Gasteiger partial charge is 0.439 e. The molecule has 1 atom stereocenters. The molecule has 3 rings (SSSR count). The van der Waals surface area contributed by atoms with Crippen molar-refractivity contribution < 1.29 is 31.1 Å². The standard InChI is InChI=1S/C23H24F6O/c1-2-15-3-5-16(6-4-15)17-7-9-18(10-8-17)19-11-13-20(14-12-19)30-23(28,29)21(24)22(25,26)27/h7-16,21H,2-6H2,1H3. The number of benzene rings is 2. The van der Waals surface area contributed by atoms with E-state index in [1.54, 1.807) is 0 Å². The highest BCUT2D eigenvalue weighted by atomic mass is 19.4. The first-order valence-electron chi connectivity index (χ1n) is 10.1. The molecule has 0 N–H and O–H groups in total. The van der Waals surface area contributed by atoms with Gasteiger partial charge in [0.25, 0.3) is 6.17 Å². The van der Waals surface area contributed by atoms with Gasteiger partial charge in [0, 0.05) is 0 Å². The fourth-order valence-electron chi connectivity index (χ4n) is 3.97. The lowest BCUT2D eigenvalue weighted by molar-refractivity contribution is -0.304. The Kier molecular flexibility index (Phi) is 6.68. The Morgan fingerprint density at radius 1 is 0.833 bits per heavy atom. The minimum absolute atomic E-state index is 0.542. The highest BCUT2D eigenvalue weighted by molar-refractivity contribution is 5.64. The molecule has 0 amide bonds. The van der Waals surface area contributed by atoms with Crippen molar-refractivity contribution in [3.05, 3.63) is 54.1 Å². The van der Waals surface area contributed by atoms with Crippen molar-refractivity contribution in [1.29, 1.82) is 0 Å². The smallest absolute Gasteiger partial charge is 0.430 e. The summed E-state index contributed by atoms with van der Waals surface area (Å²) in [7, 11) is 0. The van der Waals surface area contributed by atoms with E-state index in [1.807, 2.05) is 12.1 Å². The number of alkyl halides is 6. The summed E-state index contributed by atoms with van der Waals surface area (Å²) in [6.45, 7) is 2.23. The molecule has 0 saturated heterocycles. The van der Waals surface area contributed by atoms with E-state index in [0.717, 1.165) is 23.6 Å². The van der Waals surface area contributed by atoms with Gasteiger partial charge in [0.05, 0.1) is 0 Å². The second-order valence-electron chi connectivity index (χ2n) is 7.84. The van der Waals surface area contributed by atoms with Gasteiger partial charge in [0.1, 0.15) is 5.75 Å². The van der Waals surface area contributed by atoms with Crippen LogP contribution in [0.1, 0.15) is 50.5 Å². The highest BCUT2D eigenvalue weighted by Gasteiger charge is 2.59. The molecule has 1 fully saturated rings. The van der Waals surface area contributed by atoms with E-state index >= 15 is 0 Å². The Balaban J connectivity index is 1.65. The van der Waals surface area contributed by atoms with Crippen LogP contribution in [0.4, 0.5) is 26.3 Å². The molecule has 0 heterocycles. The van der Waals surface area contributed by atoms with Crippen LogP contribution in [0, 0.1) is 5.92 Å². The molecule has 1 saturated carbocycles. The molecular formula is C23H24F6O. The SMILES string of the molecule is CCC1CCC(c2ccc(-c3ccc(OC(F)(F)C(F)C(F)(F)F)cc3)cc2)CC1. The Bertz CT molecular complexity index is 805. The molecular weight excluding hydrogens is 406 g/mol. The van der Waals surface area contributed by atoms with E-state index in [2.05, 4.69) is 23.8 Å². The molecule has 0 aliphatic heterocycles. The van der Waals surface area contributed by atoms with Gasteiger partial charge in [-0.2, -0.15) is 22.0 Å². The molecule has 2 aromatic rings. The third-order valence-corrected chi connectivity index (χ3v) is 5.83. The van der Waals surface area contributed by atoms with E-state index in [9.17, 15) is 26.3 Å². The van der Waals surface area contributed by atoms with Gasteiger partial charge in [-0.1, -0.05) is 49.7 Å². The van der Waals surface area contributed by atoms with Gasteiger partial charge < -0.3 is 4.74 Å². The Hall–Kier alpha value is -2.18. The number of halogens is 6. The van der Waals surface area contributed by atoms with E-state index in [4.69, 9.17) is 0 Å². The molecule has 164 valence electrons. The summed E-state index contributed by atoms with van der Waals surface area (Å²) in [6, 6.07) is 13.1. The first kappa shape index (κ1) is 22.5. The normalized spacial score (nSPS) is 21.3. The fourth-order valence-corrected chi connectivity index (χ4v) is 3.97. The van der Waals surface area contributed by atoms with Crippen LogP contribution < -0.4 is 4.74 Å². The molecule has 2 aromatic carbocycles. The Morgan fingerprint density at radius 3 is 1.80 bits per heavy atom. The van der Waals surface area contributed by atoms with Gasteiger partial charge >= 0.3 is 12.3 Å². The van der Waals surface area contributed by atoms with Crippen LogP contribution in [0.25, 0.3) is 11.1 Å². The van der Waals surface area contributed by atoms with Crippen LogP contribution in [-0.4, -0.2) is 18.5 Å². The quantitative estimate of drug-likeness (QED) is 0.423. The van der Waals surface area contributed by atoms with Crippen molar-refractivity contribution in [2.45, 2.75) is 63.4 Å². The van der Waals surface area contributed by atoms with Gasteiger partial charge in [0.2, 0.25) is 0 Å². The Labute approximate surface area is 172 Å². The summed E-state index contributed by atoms with van der Waals surface area (Å²) in [6.07, 6.45) is -9.06. The van der Waals surface area contributed by atoms with Crippen LogP contribution >= 0.6 is 0 Å². The highest BCUT2D eigenvalue weighted by Crippen LogP contribution is 2.38. The molecule has 0 aromatic heterocycles. The molecule has 1 aliphatic rings. The number of ether oxygens (including phenoxy) is 1. The number of hydrogen-bond acceptors (Lipinski definition) is 1. The summed E-state index contributed by atoms with van der Waals surface area (Å²) in [5.74, 6) is 0.819. The molecule has 7 heteroatoms. The van der Waals surface area contributed by atoms with Crippen molar-refractivity contribution in [1.82, 2.24) is 0 Å². The monoisotopic (exact) mass is 430 g/mol. The summed E-state index contributed by atoms with van der Waals surface area (Å²) in [4.78, 5) is 0. The van der Waals surface area contributed by atoms with Crippen LogP contribution in [0.5, 0.6) is 5.75 Å². The van der Waals surface area contributed by atoms with Gasteiger partial charge in [-0.3, -0.25) is 0 Å². The lowest BCUT2D eigenvalue weighted by Crippen LogP contribution is -2.45. The van der Waals surface area contributed by atoms with Crippen molar-refractivity contribution in [2.24, 2.45) is 5.92 Å². The average molecular weight is 430 g/mol. The maximum absolute atomic E-state index is 13.4. The third-order valence-electron chi connectivity index (χ3n) is 5.83. The zero-order valence-corrected chi connectivity index (χ0v) is 16.6. The van der Waals surface area contributed by atoms with Crippen LogP contribution in [0.3, 0.4) is 0 Å². The van der Waals surface area contributed by atoms with Crippen LogP contribution in [-0.2, 0) is 0 Å². The zero-order valence-electron chi connectivity index (χ0n) is 16.6. The lowest BCUT2D eigenvalue weighted by atomic mass is 9.77. The number of rotatable bonds is 6.